The summed E-state index contributed by atoms with van der Waals surface area (Å²) < 4.78 is 0. The third-order valence-corrected chi connectivity index (χ3v) is 3.53. The average molecular weight is 155 g/mol. The lowest BCUT2D eigenvalue weighted by Gasteiger charge is -2.36. The molecule has 2 heteroatoms. The van der Waals surface area contributed by atoms with Gasteiger partial charge in [-0.2, -0.15) is 0 Å². The highest BCUT2D eigenvalue weighted by Crippen LogP contribution is 2.42. The second kappa shape index (κ2) is 2.76. The Hall–Kier alpha value is -0.0800. The zero-order valence-electron chi connectivity index (χ0n) is 6.97. The third-order valence-electron chi connectivity index (χ3n) is 3.53. The summed E-state index contributed by atoms with van der Waals surface area (Å²) in [7, 11) is 0. The summed E-state index contributed by atoms with van der Waals surface area (Å²) in [6.45, 7) is 2.58. The Bertz CT molecular complexity index is 148. The maximum Gasteiger partial charge on any atom is 0.0502 e. The molecule has 2 atom stereocenters. The minimum absolute atomic E-state index is 0.276. The number of rotatable bonds is 1. The molecule has 64 valence electrons. The Morgan fingerprint density at radius 3 is 3.09 bits per heavy atom. The second-order valence-electron chi connectivity index (χ2n) is 4.09. The molecule has 2 rings (SSSR count). The lowest BCUT2D eigenvalue weighted by molar-refractivity contribution is 0.0621. The zero-order chi connectivity index (χ0) is 7.73. The standard InChI is InChI=1S/C9H17NO/c11-7-9-4-2-1-3-8(9)5-10-6-9/h8,10-11H,1-7H2/t8?,9-/m1/s1. The number of aliphatic hydroxyl groups is 1. The molecule has 0 amide bonds. The van der Waals surface area contributed by atoms with Crippen LogP contribution in [0.1, 0.15) is 25.7 Å². The lowest BCUT2D eigenvalue weighted by atomic mass is 9.69. The van der Waals surface area contributed by atoms with Crippen LogP contribution in [0.3, 0.4) is 0 Å². The summed E-state index contributed by atoms with van der Waals surface area (Å²) in [6.07, 6.45) is 5.25. The molecular weight excluding hydrogens is 138 g/mol. The Labute approximate surface area is 68.0 Å². The quantitative estimate of drug-likeness (QED) is 0.586. The molecule has 2 N–H and O–H groups in total. The zero-order valence-corrected chi connectivity index (χ0v) is 6.97. The molecule has 0 bridgehead atoms. The fourth-order valence-electron chi connectivity index (χ4n) is 2.69. The monoisotopic (exact) mass is 155 g/mol. The molecule has 2 fully saturated rings. The number of aliphatic hydroxyl groups excluding tert-OH is 1. The van der Waals surface area contributed by atoms with Crippen molar-refractivity contribution in [1.82, 2.24) is 5.32 Å². The van der Waals surface area contributed by atoms with Gasteiger partial charge >= 0.3 is 0 Å². The molecule has 0 aromatic rings. The van der Waals surface area contributed by atoms with Crippen molar-refractivity contribution in [3.05, 3.63) is 0 Å². The van der Waals surface area contributed by atoms with E-state index in [1.807, 2.05) is 0 Å². The van der Waals surface area contributed by atoms with Crippen LogP contribution in [0.5, 0.6) is 0 Å². The van der Waals surface area contributed by atoms with E-state index < -0.39 is 0 Å². The van der Waals surface area contributed by atoms with Crippen molar-refractivity contribution in [3.63, 3.8) is 0 Å². The van der Waals surface area contributed by atoms with Gasteiger partial charge in [0.1, 0.15) is 0 Å². The first-order valence-corrected chi connectivity index (χ1v) is 4.69. The highest BCUT2D eigenvalue weighted by Gasteiger charge is 2.43. The Kier molecular flexibility index (Phi) is 1.90. The van der Waals surface area contributed by atoms with Crippen molar-refractivity contribution >= 4 is 0 Å². The molecule has 11 heavy (non-hydrogen) atoms. The Balaban J connectivity index is 2.12. The van der Waals surface area contributed by atoms with E-state index in [1.165, 1.54) is 25.7 Å². The largest absolute Gasteiger partial charge is 0.396 e. The summed E-state index contributed by atoms with van der Waals surface area (Å²) in [5.74, 6) is 0.765. The Morgan fingerprint density at radius 2 is 2.36 bits per heavy atom. The van der Waals surface area contributed by atoms with E-state index in [-0.39, 0.29) is 5.41 Å². The molecule has 2 aliphatic rings. The van der Waals surface area contributed by atoms with Gasteiger partial charge in [-0.05, 0) is 25.3 Å². The van der Waals surface area contributed by atoms with E-state index in [2.05, 4.69) is 5.32 Å². The van der Waals surface area contributed by atoms with Crippen LogP contribution in [0.25, 0.3) is 0 Å². The first-order chi connectivity index (χ1) is 5.37. The van der Waals surface area contributed by atoms with Crippen LogP contribution in [-0.2, 0) is 0 Å². The van der Waals surface area contributed by atoms with E-state index in [4.69, 9.17) is 0 Å². The van der Waals surface area contributed by atoms with Crippen molar-refractivity contribution in [2.24, 2.45) is 11.3 Å². The predicted molar refractivity (Wildman–Crippen MR) is 44.3 cm³/mol. The second-order valence-corrected chi connectivity index (χ2v) is 4.09. The molecule has 1 aliphatic carbocycles. The fourth-order valence-corrected chi connectivity index (χ4v) is 2.69. The number of hydrogen-bond donors (Lipinski definition) is 2. The molecule has 0 radical (unpaired) electrons. The van der Waals surface area contributed by atoms with E-state index in [1.54, 1.807) is 0 Å². The molecule has 1 saturated carbocycles. The summed E-state index contributed by atoms with van der Waals surface area (Å²) in [4.78, 5) is 0. The van der Waals surface area contributed by atoms with Crippen LogP contribution < -0.4 is 5.32 Å². The predicted octanol–water partition coefficient (Wildman–Crippen LogP) is 0.758. The van der Waals surface area contributed by atoms with Crippen LogP contribution in [0.15, 0.2) is 0 Å². The van der Waals surface area contributed by atoms with Crippen LogP contribution in [0, 0.1) is 11.3 Å². The van der Waals surface area contributed by atoms with Gasteiger partial charge in [0.2, 0.25) is 0 Å². The van der Waals surface area contributed by atoms with Gasteiger partial charge in [0.25, 0.3) is 0 Å². The first kappa shape index (κ1) is 7.56. The summed E-state index contributed by atoms with van der Waals surface area (Å²) >= 11 is 0. The van der Waals surface area contributed by atoms with Gasteiger partial charge in [-0.3, -0.25) is 0 Å². The molecule has 0 spiro atoms. The SMILES string of the molecule is OC[C@]12CCCCC1CNC2. The normalized spacial score (nSPS) is 43.9. The van der Waals surface area contributed by atoms with Crippen LogP contribution in [0.4, 0.5) is 0 Å². The Morgan fingerprint density at radius 1 is 1.45 bits per heavy atom. The van der Waals surface area contributed by atoms with Gasteiger partial charge in [0.15, 0.2) is 0 Å². The average Bonchev–Trinajstić information content (AvgIpc) is 2.48. The topological polar surface area (TPSA) is 32.3 Å². The van der Waals surface area contributed by atoms with E-state index in [0.29, 0.717) is 6.61 Å². The van der Waals surface area contributed by atoms with E-state index in [9.17, 15) is 5.11 Å². The smallest absolute Gasteiger partial charge is 0.0502 e. The summed E-state index contributed by atoms with van der Waals surface area (Å²) in [5.41, 5.74) is 0.276. The fraction of sp³-hybridized carbons (Fsp3) is 1.00. The van der Waals surface area contributed by atoms with E-state index >= 15 is 0 Å². The highest BCUT2D eigenvalue weighted by molar-refractivity contribution is 4.96. The maximum absolute atomic E-state index is 9.31. The minimum Gasteiger partial charge on any atom is -0.396 e. The van der Waals surface area contributed by atoms with E-state index in [0.717, 1.165) is 19.0 Å². The van der Waals surface area contributed by atoms with Crippen molar-refractivity contribution in [1.29, 1.82) is 0 Å². The van der Waals surface area contributed by atoms with Crippen molar-refractivity contribution in [2.75, 3.05) is 19.7 Å². The van der Waals surface area contributed by atoms with Crippen molar-refractivity contribution in [2.45, 2.75) is 25.7 Å². The molecule has 1 saturated heterocycles. The van der Waals surface area contributed by atoms with Gasteiger partial charge in [0, 0.05) is 12.0 Å². The van der Waals surface area contributed by atoms with Crippen molar-refractivity contribution < 1.29 is 5.11 Å². The summed E-state index contributed by atoms with van der Waals surface area (Å²) in [5, 5.41) is 12.7. The van der Waals surface area contributed by atoms with Crippen LogP contribution in [-0.4, -0.2) is 24.8 Å². The molecule has 0 aromatic carbocycles. The van der Waals surface area contributed by atoms with Crippen LogP contribution in [0.2, 0.25) is 0 Å². The van der Waals surface area contributed by atoms with Gasteiger partial charge in [-0.1, -0.05) is 12.8 Å². The number of nitrogens with one attached hydrogen (secondary N) is 1. The van der Waals surface area contributed by atoms with Crippen LogP contribution >= 0.6 is 0 Å². The molecule has 1 heterocycles. The van der Waals surface area contributed by atoms with Crippen molar-refractivity contribution in [3.8, 4) is 0 Å². The third kappa shape index (κ3) is 1.09. The number of fused-ring (bicyclic) bond motifs is 1. The molecule has 2 nitrogen and oxygen atoms in total. The first-order valence-electron chi connectivity index (χ1n) is 4.69. The van der Waals surface area contributed by atoms with Gasteiger partial charge in [-0.15, -0.1) is 0 Å². The summed E-state index contributed by atoms with van der Waals surface area (Å²) in [6, 6.07) is 0. The van der Waals surface area contributed by atoms with Gasteiger partial charge in [-0.25, -0.2) is 0 Å². The molecule has 0 aromatic heterocycles. The molecular formula is C9H17NO. The maximum atomic E-state index is 9.31. The lowest BCUT2D eigenvalue weighted by Crippen LogP contribution is -2.36. The van der Waals surface area contributed by atoms with Gasteiger partial charge < -0.3 is 10.4 Å². The molecule has 1 unspecified atom stereocenters. The van der Waals surface area contributed by atoms with Gasteiger partial charge in [0.05, 0.1) is 6.61 Å². The highest BCUT2D eigenvalue weighted by atomic mass is 16.3. The number of hydrogen-bond acceptors (Lipinski definition) is 2. The molecule has 1 aliphatic heterocycles. The minimum atomic E-state index is 0.276.